The topological polar surface area (TPSA) is 104 Å². The van der Waals surface area contributed by atoms with Gasteiger partial charge in [-0.3, -0.25) is 14.3 Å². The van der Waals surface area contributed by atoms with Crippen LogP contribution in [0.25, 0.3) is 0 Å². The number of rotatable bonds is 11. The first-order valence-electron chi connectivity index (χ1n) is 8.58. The van der Waals surface area contributed by atoms with Gasteiger partial charge in [0, 0.05) is 57.9 Å². The van der Waals surface area contributed by atoms with Crippen LogP contribution >= 0.6 is 22.9 Å². The van der Waals surface area contributed by atoms with E-state index in [9.17, 15) is 0 Å². The summed E-state index contributed by atoms with van der Waals surface area (Å²) in [7, 11) is 0. The van der Waals surface area contributed by atoms with Crippen LogP contribution in [0.1, 0.15) is 32.2 Å². The van der Waals surface area contributed by atoms with Gasteiger partial charge in [0.1, 0.15) is 0 Å². The summed E-state index contributed by atoms with van der Waals surface area (Å²) in [5, 5.41) is 20.3. The number of nitrogens with one attached hydrogen (secondary N) is 1. The minimum atomic E-state index is 0.515. The van der Waals surface area contributed by atoms with Gasteiger partial charge >= 0.3 is 0 Å². The molecule has 11 heteroatoms. The van der Waals surface area contributed by atoms with Crippen molar-refractivity contribution in [2.75, 3.05) is 13.1 Å². The van der Waals surface area contributed by atoms with Crippen molar-refractivity contribution in [3.63, 3.8) is 0 Å². The van der Waals surface area contributed by atoms with E-state index in [0.29, 0.717) is 25.3 Å². The number of halogens is 1. The van der Waals surface area contributed by atoms with Crippen molar-refractivity contribution in [1.29, 1.82) is 5.53 Å². The summed E-state index contributed by atoms with van der Waals surface area (Å²) in [5.41, 5.74) is 9.91. The maximum absolute atomic E-state index is 7.48. The second-order valence-corrected chi connectivity index (χ2v) is 6.96. The molecule has 0 aliphatic heterocycles. The van der Waals surface area contributed by atoms with E-state index in [-0.39, 0.29) is 0 Å². The molecule has 0 amide bonds. The average Bonchev–Trinajstić information content (AvgIpc) is 3.29. The predicted octanol–water partition coefficient (Wildman–Crippen LogP) is 2.46. The fourth-order valence-corrected chi connectivity index (χ4v) is 2.67. The highest BCUT2D eigenvalue weighted by atomic mass is 127. The van der Waals surface area contributed by atoms with Gasteiger partial charge in [0.2, 0.25) is 0 Å². The molecule has 0 saturated heterocycles. The zero-order valence-electron chi connectivity index (χ0n) is 15.4. The maximum Gasteiger partial charge on any atom is 0.0967 e. The summed E-state index contributed by atoms with van der Waals surface area (Å²) >= 11 is 2.20. The lowest BCUT2D eigenvalue weighted by Crippen LogP contribution is -2.26. The van der Waals surface area contributed by atoms with Gasteiger partial charge in [-0.2, -0.15) is 5.11 Å². The van der Waals surface area contributed by atoms with Crippen molar-refractivity contribution < 1.29 is 0 Å². The first-order chi connectivity index (χ1) is 12.6. The quantitative estimate of drug-likeness (QED) is 0.306. The summed E-state index contributed by atoms with van der Waals surface area (Å²) in [6, 6.07) is 0. The van der Waals surface area contributed by atoms with E-state index in [0.717, 1.165) is 31.0 Å². The zero-order valence-corrected chi connectivity index (χ0v) is 17.5. The second-order valence-electron chi connectivity index (χ2n) is 5.72. The van der Waals surface area contributed by atoms with E-state index in [2.05, 4.69) is 53.5 Å². The third-order valence-electron chi connectivity index (χ3n) is 3.71. The van der Waals surface area contributed by atoms with E-state index in [1.54, 1.807) is 9.36 Å². The predicted molar refractivity (Wildman–Crippen MR) is 105 cm³/mol. The van der Waals surface area contributed by atoms with Crippen molar-refractivity contribution in [2.45, 2.75) is 47.0 Å². The van der Waals surface area contributed by atoms with Crippen LogP contribution in [-0.2, 0) is 26.2 Å². The molecular weight excluding hydrogens is 447 g/mol. The Bertz CT molecular complexity index is 677. The first-order valence-corrected chi connectivity index (χ1v) is 9.55. The lowest BCUT2D eigenvalue weighted by Gasteiger charge is -2.20. The molecule has 2 rings (SSSR count). The van der Waals surface area contributed by atoms with Crippen LogP contribution < -0.4 is 0 Å². The Morgan fingerprint density at radius 3 is 2.04 bits per heavy atom. The Morgan fingerprint density at radius 1 is 1.12 bits per heavy atom. The Kier molecular flexibility index (Phi) is 8.09. The van der Waals surface area contributed by atoms with Gasteiger partial charge in [0.05, 0.1) is 39.9 Å². The van der Waals surface area contributed by atoms with Gasteiger partial charge in [0.15, 0.2) is 0 Å². The van der Waals surface area contributed by atoms with Crippen LogP contribution in [0, 0.1) is 5.53 Å². The molecule has 2 heterocycles. The summed E-state index contributed by atoms with van der Waals surface area (Å²) in [4.78, 5) is 2.14. The third kappa shape index (κ3) is 6.12. The Hall–Kier alpha value is -1.89. The molecular formula is C15H25IN10. The molecule has 0 aliphatic carbocycles. The Balaban J connectivity index is 2.15. The molecule has 0 aromatic carbocycles. The van der Waals surface area contributed by atoms with Crippen LogP contribution in [0.2, 0.25) is 0 Å². The van der Waals surface area contributed by atoms with Gasteiger partial charge < -0.3 is 3.11 Å². The average molecular weight is 472 g/mol. The molecule has 0 atom stereocenters. The molecule has 0 fully saturated rings. The highest BCUT2D eigenvalue weighted by Gasteiger charge is 2.14. The molecule has 1 N–H and O–H groups in total. The van der Waals surface area contributed by atoms with Crippen molar-refractivity contribution in [1.82, 2.24) is 38.0 Å². The minimum Gasteiger partial charge on any atom is -0.320 e. The SMILES string of the molecule is CCN(I)/C=C(/CN(Cc1cn(CC)nn1)Cc1cn(CC)nn1)N=N. The molecule has 0 spiro atoms. The highest BCUT2D eigenvalue weighted by molar-refractivity contribution is 14.1. The lowest BCUT2D eigenvalue weighted by molar-refractivity contribution is 0.270. The number of hydrogen-bond acceptors (Lipinski definition) is 8. The van der Waals surface area contributed by atoms with Gasteiger partial charge in [0.25, 0.3) is 0 Å². The standard InChI is InChI=1S/C15H25IN10/c1-4-24(16)10-13(18-17)7-23(8-14-11-25(5-2)21-19-14)9-15-12-26(6-3)22-20-15/h10-12,17H,4-9H2,1-3H3/b13-10-,18-17?. The van der Waals surface area contributed by atoms with Crippen LogP contribution in [0.3, 0.4) is 0 Å². The van der Waals surface area contributed by atoms with Gasteiger partial charge in [-0.05, 0) is 20.8 Å². The molecule has 26 heavy (non-hydrogen) atoms. The second kappa shape index (κ2) is 10.3. The molecule has 2 aromatic heterocycles. The van der Waals surface area contributed by atoms with E-state index >= 15 is 0 Å². The fourth-order valence-electron chi connectivity index (χ4n) is 2.34. The normalized spacial score (nSPS) is 12.0. The number of aromatic nitrogens is 6. The van der Waals surface area contributed by atoms with E-state index in [1.807, 2.05) is 42.5 Å². The Labute approximate surface area is 167 Å². The maximum atomic E-state index is 7.48. The molecule has 142 valence electrons. The van der Waals surface area contributed by atoms with Gasteiger partial charge in [-0.1, -0.05) is 10.4 Å². The van der Waals surface area contributed by atoms with Crippen LogP contribution in [0.5, 0.6) is 0 Å². The highest BCUT2D eigenvalue weighted by Crippen LogP contribution is 2.12. The van der Waals surface area contributed by atoms with Gasteiger partial charge in [-0.15, -0.1) is 10.2 Å². The van der Waals surface area contributed by atoms with Crippen LogP contribution in [-0.4, -0.2) is 51.1 Å². The van der Waals surface area contributed by atoms with Gasteiger partial charge in [-0.25, -0.2) is 5.53 Å². The monoisotopic (exact) mass is 472 g/mol. The molecule has 0 unspecified atom stereocenters. The smallest absolute Gasteiger partial charge is 0.0967 e. The van der Waals surface area contributed by atoms with Crippen molar-refractivity contribution in [3.05, 3.63) is 35.7 Å². The summed E-state index contributed by atoms with van der Waals surface area (Å²) in [6.45, 7) is 10.2. The molecule has 0 radical (unpaired) electrons. The fraction of sp³-hybridized carbons (Fsp3) is 0.600. The summed E-state index contributed by atoms with van der Waals surface area (Å²) < 4.78 is 5.58. The first kappa shape index (κ1) is 20.4. The summed E-state index contributed by atoms with van der Waals surface area (Å²) in [6.07, 6.45) is 5.76. The van der Waals surface area contributed by atoms with Crippen molar-refractivity contribution >= 4 is 22.9 Å². The van der Waals surface area contributed by atoms with E-state index in [1.165, 1.54) is 0 Å². The van der Waals surface area contributed by atoms with E-state index < -0.39 is 0 Å². The van der Waals surface area contributed by atoms with Crippen LogP contribution in [0.15, 0.2) is 29.4 Å². The molecule has 2 aromatic rings. The van der Waals surface area contributed by atoms with E-state index in [4.69, 9.17) is 5.53 Å². The van der Waals surface area contributed by atoms with Crippen molar-refractivity contribution in [3.8, 4) is 0 Å². The number of nitrogens with zero attached hydrogens (tertiary/aromatic N) is 9. The van der Waals surface area contributed by atoms with Crippen molar-refractivity contribution in [2.24, 2.45) is 5.11 Å². The molecule has 0 aliphatic rings. The van der Waals surface area contributed by atoms with Crippen LogP contribution in [0.4, 0.5) is 0 Å². The largest absolute Gasteiger partial charge is 0.320 e. The molecule has 10 nitrogen and oxygen atoms in total. The molecule has 0 bridgehead atoms. The lowest BCUT2D eigenvalue weighted by atomic mass is 10.3. The zero-order chi connectivity index (χ0) is 18.9. The minimum absolute atomic E-state index is 0.515. The molecule has 0 saturated carbocycles. The Morgan fingerprint density at radius 2 is 1.65 bits per heavy atom. The number of hydrogen-bond donors (Lipinski definition) is 1. The number of aryl methyl sites for hydroxylation is 2. The third-order valence-corrected chi connectivity index (χ3v) is 4.67. The summed E-state index contributed by atoms with van der Waals surface area (Å²) in [5.74, 6) is 0.